The smallest absolute Gasteiger partial charge is 0.434 e. The van der Waals surface area contributed by atoms with Crippen molar-refractivity contribution in [3.8, 4) is 0 Å². The summed E-state index contributed by atoms with van der Waals surface area (Å²) in [6.07, 6.45) is -24.5. The number of ether oxygens (including phenoxy) is 2. The van der Waals surface area contributed by atoms with Gasteiger partial charge in [0.05, 0.1) is 10.8 Å². The highest BCUT2D eigenvalue weighted by molar-refractivity contribution is 5.80. The zero-order valence-electron chi connectivity index (χ0n) is 18.8. The summed E-state index contributed by atoms with van der Waals surface area (Å²) < 4.78 is 123. The molecule has 5 nitrogen and oxygen atoms in total. The molecule has 0 aliphatic heterocycles. The van der Waals surface area contributed by atoms with Crippen LogP contribution in [0.25, 0.3) is 0 Å². The summed E-state index contributed by atoms with van der Waals surface area (Å²) in [4.78, 5) is 24.8. The number of aliphatic hydroxyl groups is 1. The number of hydrogen-bond donors (Lipinski definition) is 1. The normalized spacial score (nSPS) is 18.3. The SMILES string of the molecule is CCC(C)(CC(C)(C)C(=O)OC(C(F)(F)F)C(F)(F)F)C(=O)OC(C)CC(C)(O)C(F)(F)F. The molecule has 0 saturated carbocycles. The molecule has 0 rings (SSSR count). The fourth-order valence-electron chi connectivity index (χ4n) is 3.02. The molecule has 33 heavy (non-hydrogen) atoms. The van der Waals surface area contributed by atoms with Crippen molar-refractivity contribution >= 4 is 11.9 Å². The Balaban J connectivity index is 5.55. The summed E-state index contributed by atoms with van der Waals surface area (Å²) in [6.45, 7) is 6.02. The maximum atomic E-state index is 12.8. The number of esters is 2. The van der Waals surface area contributed by atoms with E-state index in [0.29, 0.717) is 6.92 Å². The lowest BCUT2D eigenvalue weighted by Crippen LogP contribution is -2.49. The fraction of sp³-hybridized carbons (Fsp3) is 0.895. The van der Waals surface area contributed by atoms with E-state index in [1.165, 1.54) is 13.8 Å². The van der Waals surface area contributed by atoms with Crippen LogP contribution < -0.4 is 0 Å². The van der Waals surface area contributed by atoms with Crippen LogP contribution in [-0.2, 0) is 19.1 Å². The lowest BCUT2D eigenvalue weighted by Gasteiger charge is -2.36. The van der Waals surface area contributed by atoms with Crippen molar-refractivity contribution in [2.45, 2.75) is 97.1 Å². The molecule has 0 aromatic rings. The third-order valence-corrected chi connectivity index (χ3v) is 5.08. The molecular weight excluding hydrogens is 479 g/mol. The molecule has 0 saturated heterocycles. The van der Waals surface area contributed by atoms with Crippen LogP contribution in [0.15, 0.2) is 0 Å². The Morgan fingerprint density at radius 3 is 1.58 bits per heavy atom. The van der Waals surface area contributed by atoms with Crippen molar-refractivity contribution in [3.63, 3.8) is 0 Å². The first-order valence-electron chi connectivity index (χ1n) is 9.65. The minimum atomic E-state index is -5.93. The molecule has 0 fully saturated rings. The minimum Gasteiger partial charge on any atom is -0.462 e. The van der Waals surface area contributed by atoms with Gasteiger partial charge in [-0.05, 0) is 47.5 Å². The fourth-order valence-corrected chi connectivity index (χ4v) is 3.02. The Morgan fingerprint density at radius 1 is 0.818 bits per heavy atom. The molecule has 0 aromatic carbocycles. The van der Waals surface area contributed by atoms with Crippen molar-refractivity contribution in [3.05, 3.63) is 0 Å². The summed E-state index contributed by atoms with van der Waals surface area (Å²) in [5.74, 6) is -3.04. The highest BCUT2D eigenvalue weighted by Crippen LogP contribution is 2.42. The van der Waals surface area contributed by atoms with Crippen molar-refractivity contribution in [1.29, 1.82) is 0 Å². The van der Waals surface area contributed by atoms with Crippen molar-refractivity contribution in [2.75, 3.05) is 0 Å². The molecule has 196 valence electrons. The van der Waals surface area contributed by atoms with Crippen LogP contribution in [0.4, 0.5) is 39.5 Å². The molecule has 0 amide bonds. The molecule has 1 N–H and O–H groups in total. The van der Waals surface area contributed by atoms with Crippen molar-refractivity contribution in [1.82, 2.24) is 0 Å². The van der Waals surface area contributed by atoms with Gasteiger partial charge in [0.2, 0.25) is 0 Å². The van der Waals surface area contributed by atoms with Gasteiger partial charge in [-0.1, -0.05) is 6.92 Å². The van der Waals surface area contributed by atoms with E-state index in [2.05, 4.69) is 4.74 Å². The number of halogens is 9. The lowest BCUT2D eigenvalue weighted by molar-refractivity contribution is -0.315. The molecule has 0 aliphatic rings. The van der Waals surface area contributed by atoms with Crippen molar-refractivity contribution in [2.24, 2.45) is 10.8 Å². The van der Waals surface area contributed by atoms with E-state index in [1.54, 1.807) is 0 Å². The van der Waals surface area contributed by atoms with Crippen LogP contribution in [0, 0.1) is 10.8 Å². The predicted molar refractivity (Wildman–Crippen MR) is 95.6 cm³/mol. The zero-order valence-corrected chi connectivity index (χ0v) is 18.8. The van der Waals surface area contributed by atoms with Gasteiger partial charge >= 0.3 is 30.5 Å². The summed E-state index contributed by atoms with van der Waals surface area (Å²) in [7, 11) is 0. The van der Waals surface area contributed by atoms with E-state index < -0.39 is 71.9 Å². The van der Waals surface area contributed by atoms with Gasteiger partial charge in [-0.15, -0.1) is 0 Å². The average molecular weight is 506 g/mol. The van der Waals surface area contributed by atoms with Gasteiger partial charge in [0.15, 0.2) is 5.60 Å². The molecule has 3 atom stereocenters. The highest BCUT2D eigenvalue weighted by atomic mass is 19.4. The molecule has 0 radical (unpaired) electrons. The van der Waals surface area contributed by atoms with Crippen LogP contribution in [0.3, 0.4) is 0 Å². The number of carbonyl (C=O) groups excluding carboxylic acids is 2. The van der Waals surface area contributed by atoms with Gasteiger partial charge in [-0.2, -0.15) is 39.5 Å². The van der Waals surface area contributed by atoms with Crippen molar-refractivity contribution < 1.29 is 63.7 Å². The number of alkyl halides is 9. The summed E-state index contributed by atoms with van der Waals surface area (Å²) in [5, 5.41) is 9.51. The van der Waals surface area contributed by atoms with Gasteiger partial charge in [0.25, 0.3) is 6.10 Å². The zero-order chi connectivity index (χ0) is 26.8. The molecule has 0 spiro atoms. The van der Waals surface area contributed by atoms with E-state index in [9.17, 15) is 54.2 Å². The third kappa shape index (κ3) is 8.53. The van der Waals surface area contributed by atoms with Gasteiger partial charge in [-0.3, -0.25) is 9.59 Å². The second kappa shape index (κ2) is 9.87. The highest BCUT2D eigenvalue weighted by Gasteiger charge is 2.61. The Labute approximate surface area is 184 Å². The first-order chi connectivity index (χ1) is 14.3. The van der Waals surface area contributed by atoms with E-state index in [1.807, 2.05) is 0 Å². The molecule has 0 aliphatic carbocycles. The van der Waals surface area contributed by atoms with Crippen LogP contribution in [-0.4, -0.2) is 53.4 Å². The maximum absolute atomic E-state index is 12.8. The Kier molecular flexibility index (Phi) is 9.35. The van der Waals surface area contributed by atoms with E-state index in [-0.39, 0.29) is 6.42 Å². The molecule has 0 heterocycles. The topological polar surface area (TPSA) is 72.8 Å². The van der Waals surface area contributed by atoms with Crippen LogP contribution >= 0.6 is 0 Å². The van der Waals surface area contributed by atoms with Crippen LogP contribution in [0.1, 0.15) is 60.8 Å². The third-order valence-electron chi connectivity index (χ3n) is 5.08. The van der Waals surface area contributed by atoms with Gasteiger partial charge in [0.1, 0.15) is 6.10 Å². The average Bonchev–Trinajstić information content (AvgIpc) is 2.54. The summed E-state index contributed by atoms with van der Waals surface area (Å²) in [6, 6.07) is 0. The van der Waals surface area contributed by atoms with E-state index >= 15 is 0 Å². The van der Waals surface area contributed by atoms with Gasteiger partial charge in [0, 0.05) is 6.42 Å². The second-order valence-electron chi connectivity index (χ2n) is 9.04. The van der Waals surface area contributed by atoms with E-state index in [0.717, 1.165) is 20.8 Å². The standard InChI is InChI=1S/C19H27F9O5/c1-7-15(5,13(30)32-10(2)8-16(6,31)19(26,27)28)9-14(3,4)12(29)33-11(17(20,21)22)18(23,24)25/h10-11,31H,7-9H2,1-6H3. The van der Waals surface area contributed by atoms with Gasteiger partial charge < -0.3 is 14.6 Å². The molecule has 0 aromatic heterocycles. The Morgan fingerprint density at radius 2 is 1.24 bits per heavy atom. The molecule has 3 unspecified atom stereocenters. The number of rotatable bonds is 9. The summed E-state index contributed by atoms with van der Waals surface area (Å²) in [5.41, 5.74) is -6.92. The number of hydrogen-bond acceptors (Lipinski definition) is 5. The monoisotopic (exact) mass is 506 g/mol. The first kappa shape index (κ1) is 31.3. The summed E-state index contributed by atoms with van der Waals surface area (Å²) >= 11 is 0. The molecule has 0 bridgehead atoms. The lowest BCUT2D eigenvalue weighted by atomic mass is 9.72. The predicted octanol–water partition coefficient (Wildman–Crippen LogP) is 5.49. The molecule has 14 heteroatoms. The molecular formula is C19H27F9O5. The van der Waals surface area contributed by atoms with Crippen LogP contribution in [0.5, 0.6) is 0 Å². The van der Waals surface area contributed by atoms with Crippen LogP contribution in [0.2, 0.25) is 0 Å². The largest absolute Gasteiger partial charge is 0.462 e. The Hall–Kier alpha value is -1.73. The quantitative estimate of drug-likeness (QED) is 0.331. The minimum absolute atomic E-state index is 0.132. The second-order valence-corrected chi connectivity index (χ2v) is 9.04. The maximum Gasteiger partial charge on any atom is 0.434 e. The first-order valence-corrected chi connectivity index (χ1v) is 9.65. The number of carbonyl (C=O) groups is 2. The van der Waals surface area contributed by atoms with Gasteiger partial charge in [-0.25, -0.2) is 0 Å². The van der Waals surface area contributed by atoms with E-state index in [4.69, 9.17) is 4.74 Å². The Bertz CT molecular complexity index is 681.